The Balaban J connectivity index is 1.49. The summed E-state index contributed by atoms with van der Waals surface area (Å²) in [6.07, 6.45) is 15.6. The van der Waals surface area contributed by atoms with Gasteiger partial charge in [-0.25, -0.2) is 0 Å². The number of allylic oxidation sites excluding steroid dienone is 1. The molecular formula is C21H31NS. The van der Waals surface area contributed by atoms with Gasteiger partial charge in [-0.3, -0.25) is 0 Å². The lowest BCUT2D eigenvalue weighted by Crippen LogP contribution is -2.25. The smallest absolute Gasteiger partial charge is 0.0440 e. The van der Waals surface area contributed by atoms with E-state index in [0.717, 1.165) is 23.7 Å². The summed E-state index contributed by atoms with van der Waals surface area (Å²) in [6, 6.07) is 9.13. The van der Waals surface area contributed by atoms with Gasteiger partial charge in [0.05, 0.1) is 0 Å². The van der Waals surface area contributed by atoms with Gasteiger partial charge in [0, 0.05) is 11.9 Å². The van der Waals surface area contributed by atoms with E-state index in [0.29, 0.717) is 0 Å². The van der Waals surface area contributed by atoms with Gasteiger partial charge in [-0.05, 0) is 92.7 Å². The highest BCUT2D eigenvalue weighted by Crippen LogP contribution is 2.44. The van der Waals surface area contributed by atoms with E-state index in [1.807, 2.05) is 0 Å². The molecule has 0 radical (unpaired) electrons. The molecule has 2 fully saturated rings. The van der Waals surface area contributed by atoms with Crippen molar-refractivity contribution in [1.29, 1.82) is 0 Å². The maximum atomic E-state index is 3.98. The Kier molecular flexibility index (Phi) is 6.10. The maximum absolute atomic E-state index is 3.98. The SMILES string of the molecule is C=CC1CCC(C2CCC(c3ccc(NSC)cc3)CC2)CC1. The van der Waals surface area contributed by atoms with Crippen molar-refractivity contribution in [3.8, 4) is 0 Å². The molecule has 1 N–H and O–H groups in total. The second-order valence-electron chi connectivity index (χ2n) is 7.45. The second kappa shape index (κ2) is 8.28. The Labute approximate surface area is 146 Å². The summed E-state index contributed by atoms with van der Waals surface area (Å²) in [4.78, 5) is 0. The minimum absolute atomic E-state index is 0.791. The van der Waals surface area contributed by atoms with Gasteiger partial charge in [-0.2, -0.15) is 0 Å². The van der Waals surface area contributed by atoms with Crippen LogP contribution < -0.4 is 4.72 Å². The van der Waals surface area contributed by atoms with E-state index < -0.39 is 0 Å². The monoisotopic (exact) mass is 329 g/mol. The summed E-state index contributed by atoms with van der Waals surface area (Å²) in [5.74, 6) is 3.59. The minimum Gasteiger partial charge on any atom is -0.330 e. The number of benzene rings is 1. The van der Waals surface area contributed by atoms with Crippen LogP contribution in [0.4, 0.5) is 5.69 Å². The number of rotatable bonds is 5. The van der Waals surface area contributed by atoms with Crippen molar-refractivity contribution < 1.29 is 0 Å². The zero-order valence-corrected chi connectivity index (χ0v) is 15.3. The molecular weight excluding hydrogens is 298 g/mol. The van der Waals surface area contributed by atoms with E-state index in [2.05, 4.69) is 47.9 Å². The van der Waals surface area contributed by atoms with Gasteiger partial charge in [0.15, 0.2) is 0 Å². The van der Waals surface area contributed by atoms with Crippen molar-refractivity contribution in [2.75, 3.05) is 11.0 Å². The molecule has 1 aromatic rings. The minimum atomic E-state index is 0.791. The fraction of sp³-hybridized carbons (Fsp3) is 0.619. The molecule has 2 aliphatic carbocycles. The Bertz CT molecular complexity index is 479. The second-order valence-corrected chi connectivity index (χ2v) is 8.06. The van der Waals surface area contributed by atoms with Crippen LogP contribution in [0.2, 0.25) is 0 Å². The van der Waals surface area contributed by atoms with Crippen LogP contribution in [-0.2, 0) is 0 Å². The van der Waals surface area contributed by atoms with Crippen LogP contribution in [-0.4, -0.2) is 6.26 Å². The number of hydrogen-bond donors (Lipinski definition) is 1. The number of anilines is 1. The average Bonchev–Trinajstić information content (AvgIpc) is 2.63. The molecule has 0 atom stereocenters. The Morgan fingerprint density at radius 3 is 2.00 bits per heavy atom. The summed E-state index contributed by atoms with van der Waals surface area (Å²) in [5, 5.41) is 0. The van der Waals surface area contributed by atoms with Gasteiger partial charge in [-0.1, -0.05) is 30.2 Å². The zero-order valence-electron chi connectivity index (χ0n) is 14.5. The molecule has 2 aliphatic rings. The topological polar surface area (TPSA) is 12.0 Å². The molecule has 0 amide bonds. The molecule has 0 aromatic heterocycles. The average molecular weight is 330 g/mol. The van der Waals surface area contributed by atoms with Crippen molar-refractivity contribution in [2.24, 2.45) is 17.8 Å². The third-order valence-electron chi connectivity index (χ3n) is 6.19. The molecule has 0 bridgehead atoms. The largest absolute Gasteiger partial charge is 0.330 e. The molecule has 0 unspecified atom stereocenters. The quantitative estimate of drug-likeness (QED) is 0.480. The highest BCUT2D eigenvalue weighted by molar-refractivity contribution is 7.99. The van der Waals surface area contributed by atoms with Crippen molar-refractivity contribution in [1.82, 2.24) is 0 Å². The maximum Gasteiger partial charge on any atom is 0.0440 e. The summed E-state index contributed by atoms with van der Waals surface area (Å²) in [5.41, 5.74) is 2.76. The first-order chi connectivity index (χ1) is 11.3. The molecule has 126 valence electrons. The number of nitrogens with one attached hydrogen (secondary N) is 1. The summed E-state index contributed by atoms with van der Waals surface area (Å²) in [7, 11) is 0. The van der Waals surface area contributed by atoms with E-state index in [-0.39, 0.29) is 0 Å². The Morgan fingerprint density at radius 2 is 1.48 bits per heavy atom. The first kappa shape index (κ1) is 17.0. The third-order valence-corrected chi connectivity index (χ3v) is 6.63. The first-order valence-corrected chi connectivity index (χ1v) is 10.5. The normalized spacial score (nSPS) is 31.5. The number of hydrogen-bond acceptors (Lipinski definition) is 2. The van der Waals surface area contributed by atoms with Gasteiger partial charge in [-0.15, -0.1) is 6.58 Å². The lowest BCUT2D eigenvalue weighted by Gasteiger charge is -2.37. The summed E-state index contributed by atoms with van der Waals surface area (Å²) >= 11 is 1.66. The molecule has 3 rings (SSSR count). The highest BCUT2D eigenvalue weighted by atomic mass is 32.2. The van der Waals surface area contributed by atoms with Gasteiger partial charge in [0.1, 0.15) is 0 Å². The Morgan fingerprint density at radius 1 is 0.913 bits per heavy atom. The lowest BCUT2D eigenvalue weighted by molar-refractivity contribution is 0.171. The van der Waals surface area contributed by atoms with Crippen molar-refractivity contribution in [3.05, 3.63) is 42.5 Å². The van der Waals surface area contributed by atoms with Crippen LogP contribution in [0.5, 0.6) is 0 Å². The van der Waals surface area contributed by atoms with Crippen LogP contribution >= 0.6 is 11.9 Å². The van der Waals surface area contributed by atoms with Crippen LogP contribution in [0.15, 0.2) is 36.9 Å². The molecule has 0 aliphatic heterocycles. The fourth-order valence-corrected chi connectivity index (χ4v) is 5.09. The van der Waals surface area contributed by atoms with E-state index in [1.54, 1.807) is 17.5 Å². The van der Waals surface area contributed by atoms with E-state index >= 15 is 0 Å². The van der Waals surface area contributed by atoms with Crippen molar-refractivity contribution in [2.45, 2.75) is 57.3 Å². The van der Waals surface area contributed by atoms with Crippen molar-refractivity contribution >= 4 is 17.6 Å². The van der Waals surface area contributed by atoms with Crippen LogP contribution in [0, 0.1) is 17.8 Å². The standard InChI is InChI=1S/C21H31NS/c1-3-16-4-6-17(7-5-16)18-8-10-19(11-9-18)20-12-14-21(15-13-20)22-23-2/h3,12-19,22H,1,4-11H2,2H3. The van der Waals surface area contributed by atoms with E-state index in [4.69, 9.17) is 0 Å². The van der Waals surface area contributed by atoms with Gasteiger partial charge in [0.25, 0.3) is 0 Å². The molecule has 0 spiro atoms. The summed E-state index contributed by atoms with van der Waals surface area (Å²) < 4.78 is 3.31. The van der Waals surface area contributed by atoms with Gasteiger partial charge >= 0.3 is 0 Å². The molecule has 1 aromatic carbocycles. The van der Waals surface area contributed by atoms with Gasteiger partial charge < -0.3 is 4.72 Å². The highest BCUT2D eigenvalue weighted by Gasteiger charge is 2.30. The molecule has 1 nitrogen and oxygen atoms in total. The Hall–Kier alpha value is -0.890. The first-order valence-electron chi connectivity index (χ1n) is 9.31. The van der Waals surface area contributed by atoms with Gasteiger partial charge in [0.2, 0.25) is 0 Å². The third kappa shape index (κ3) is 4.35. The van der Waals surface area contributed by atoms with E-state index in [1.165, 1.54) is 57.1 Å². The lowest BCUT2D eigenvalue weighted by atomic mass is 9.68. The predicted molar refractivity (Wildman–Crippen MR) is 104 cm³/mol. The molecule has 2 heteroatoms. The van der Waals surface area contributed by atoms with Crippen LogP contribution in [0.1, 0.15) is 62.8 Å². The fourth-order valence-electron chi connectivity index (χ4n) is 4.72. The summed E-state index contributed by atoms with van der Waals surface area (Å²) in [6.45, 7) is 3.98. The predicted octanol–water partition coefficient (Wildman–Crippen LogP) is 6.64. The molecule has 0 saturated heterocycles. The molecule has 2 saturated carbocycles. The molecule has 0 heterocycles. The van der Waals surface area contributed by atoms with E-state index in [9.17, 15) is 0 Å². The molecule has 23 heavy (non-hydrogen) atoms. The van der Waals surface area contributed by atoms with Crippen LogP contribution in [0.25, 0.3) is 0 Å². The van der Waals surface area contributed by atoms with Crippen molar-refractivity contribution in [3.63, 3.8) is 0 Å². The zero-order chi connectivity index (χ0) is 16.1. The van der Waals surface area contributed by atoms with Crippen LogP contribution in [0.3, 0.4) is 0 Å².